The summed E-state index contributed by atoms with van der Waals surface area (Å²) in [6.45, 7) is 3.80. The van der Waals surface area contributed by atoms with Crippen LogP contribution in [0.25, 0.3) is 11.5 Å². The van der Waals surface area contributed by atoms with Crippen molar-refractivity contribution >= 4 is 10.0 Å². The Morgan fingerprint density at radius 3 is 2.69 bits per heavy atom. The van der Waals surface area contributed by atoms with E-state index < -0.39 is 16.1 Å². The van der Waals surface area contributed by atoms with Gasteiger partial charge < -0.3 is 14.0 Å². The minimum absolute atomic E-state index is 0.0180. The Morgan fingerprint density at radius 2 is 1.96 bits per heavy atom. The van der Waals surface area contributed by atoms with Gasteiger partial charge in [0.05, 0.1) is 11.8 Å². The van der Waals surface area contributed by atoms with Crippen LogP contribution < -0.4 is 0 Å². The molecule has 0 amide bonds. The van der Waals surface area contributed by atoms with E-state index in [1.165, 1.54) is 10.4 Å². The maximum atomic E-state index is 13.0. The van der Waals surface area contributed by atoms with Crippen molar-refractivity contribution in [1.82, 2.24) is 9.46 Å². The van der Waals surface area contributed by atoms with Crippen molar-refractivity contribution in [3.63, 3.8) is 0 Å². The molecule has 136 valence electrons. The molecule has 4 rings (SSSR count). The molecule has 3 aromatic rings. The van der Waals surface area contributed by atoms with E-state index in [4.69, 9.17) is 8.94 Å². The van der Waals surface area contributed by atoms with E-state index in [0.29, 0.717) is 11.5 Å². The Kier molecular flexibility index (Phi) is 3.98. The third-order valence-electron chi connectivity index (χ3n) is 4.69. The molecule has 1 atom stereocenters. The van der Waals surface area contributed by atoms with Gasteiger partial charge in [-0.05, 0) is 37.1 Å². The number of aliphatic hydroxyl groups is 1. The monoisotopic (exact) mass is 374 g/mol. The standard InChI is InChI=1S/C18H18N2O5S/c1-11-12(2)19-25-18(11)16-7-8-17(24-16)26(22,23)20-9-13-5-3-4-6-14(13)15(21)10-20/h3-8,15,21H,9-10H2,1-2H3. The number of benzene rings is 1. The average molecular weight is 374 g/mol. The number of aromatic nitrogens is 1. The summed E-state index contributed by atoms with van der Waals surface area (Å²) in [5, 5.41) is 14.0. The largest absolute Gasteiger partial charge is 0.440 e. The van der Waals surface area contributed by atoms with Crippen LogP contribution in [0.2, 0.25) is 0 Å². The zero-order chi connectivity index (χ0) is 18.5. The fraction of sp³-hybridized carbons (Fsp3) is 0.278. The molecule has 0 bridgehead atoms. The average Bonchev–Trinajstić information content (AvgIpc) is 3.23. The Balaban J connectivity index is 1.67. The summed E-state index contributed by atoms with van der Waals surface area (Å²) >= 11 is 0. The van der Waals surface area contributed by atoms with Gasteiger partial charge in [0, 0.05) is 18.7 Å². The van der Waals surface area contributed by atoms with Gasteiger partial charge in [0.15, 0.2) is 5.76 Å². The molecule has 1 aromatic carbocycles. The van der Waals surface area contributed by atoms with Gasteiger partial charge in [0.1, 0.15) is 0 Å². The molecule has 7 nitrogen and oxygen atoms in total. The van der Waals surface area contributed by atoms with Crippen molar-refractivity contribution in [3.05, 3.63) is 58.8 Å². The number of furan rings is 1. The van der Waals surface area contributed by atoms with E-state index in [2.05, 4.69) is 5.16 Å². The quantitative estimate of drug-likeness (QED) is 0.757. The molecule has 1 aliphatic heterocycles. The van der Waals surface area contributed by atoms with Crippen molar-refractivity contribution in [2.75, 3.05) is 6.54 Å². The van der Waals surface area contributed by atoms with Crippen molar-refractivity contribution in [3.8, 4) is 11.5 Å². The van der Waals surface area contributed by atoms with Crippen molar-refractivity contribution in [2.45, 2.75) is 31.6 Å². The smallest absolute Gasteiger partial charge is 0.276 e. The predicted octanol–water partition coefficient (Wildman–Crippen LogP) is 2.79. The number of aliphatic hydroxyl groups excluding tert-OH is 1. The van der Waals surface area contributed by atoms with Gasteiger partial charge in [0.25, 0.3) is 10.0 Å². The van der Waals surface area contributed by atoms with Gasteiger partial charge in [-0.2, -0.15) is 4.31 Å². The Morgan fingerprint density at radius 1 is 1.19 bits per heavy atom. The van der Waals surface area contributed by atoms with Crippen LogP contribution in [0.3, 0.4) is 0 Å². The third-order valence-corrected chi connectivity index (χ3v) is 6.38. The van der Waals surface area contributed by atoms with E-state index in [1.807, 2.05) is 31.2 Å². The summed E-state index contributed by atoms with van der Waals surface area (Å²) < 4.78 is 37.9. The molecule has 0 aliphatic carbocycles. The number of nitrogens with zero attached hydrogens (tertiary/aromatic N) is 2. The normalized spacial score (nSPS) is 18.0. The molecular formula is C18H18N2O5S. The second-order valence-corrected chi connectivity index (χ2v) is 8.22. The van der Waals surface area contributed by atoms with Crippen LogP contribution in [-0.4, -0.2) is 29.5 Å². The molecule has 8 heteroatoms. The molecular weight excluding hydrogens is 356 g/mol. The second kappa shape index (κ2) is 6.08. The summed E-state index contributed by atoms with van der Waals surface area (Å²) in [7, 11) is -3.89. The lowest BCUT2D eigenvalue weighted by Crippen LogP contribution is -2.38. The molecule has 0 spiro atoms. The molecule has 0 fully saturated rings. The van der Waals surface area contributed by atoms with Gasteiger partial charge in [-0.1, -0.05) is 29.4 Å². The lowest BCUT2D eigenvalue weighted by atomic mass is 9.99. The Hall–Kier alpha value is -2.42. The zero-order valence-electron chi connectivity index (χ0n) is 14.3. The Labute approximate surface area is 150 Å². The third kappa shape index (κ3) is 2.66. The van der Waals surface area contributed by atoms with Crippen LogP contribution in [0.5, 0.6) is 0 Å². The van der Waals surface area contributed by atoms with Crippen LogP contribution in [0.4, 0.5) is 0 Å². The molecule has 3 heterocycles. The van der Waals surface area contributed by atoms with Crippen LogP contribution in [-0.2, 0) is 16.6 Å². The van der Waals surface area contributed by atoms with E-state index in [9.17, 15) is 13.5 Å². The summed E-state index contributed by atoms with van der Waals surface area (Å²) in [4.78, 5) is 0. The molecule has 0 saturated carbocycles. The first kappa shape index (κ1) is 17.0. The lowest BCUT2D eigenvalue weighted by Gasteiger charge is -2.30. The first-order valence-electron chi connectivity index (χ1n) is 8.17. The Bertz CT molecular complexity index is 1070. The molecule has 26 heavy (non-hydrogen) atoms. The van der Waals surface area contributed by atoms with Crippen molar-refractivity contribution < 1.29 is 22.5 Å². The number of β-amino-alcohol motifs (C(OH)–C–C–N with tert-alkyl or cyclic N) is 1. The van der Waals surface area contributed by atoms with Gasteiger partial charge in [-0.3, -0.25) is 0 Å². The molecule has 2 aromatic heterocycles. The highest BCUT2D eigenvalue weighted by atomic mass is 32.2. The van der Waals surface area contributed by atoms with Gasteiger partial charge in [-0.15, -0.1) is 0 Å². The van der Waals surface area contributed by atoms with E-state index in [-0.39, 0.29) is 18.2 Å². The van der Waals surface area contributed by atoms with E-state index >= 15 is 0 Å². The highest BCUT2D eigenvalue weighted by molar-refractivity contribution is 7.89. The van der Waals surface area contributed by atoms with Crippen LogP contribution in [0.1, 0.15) is 28.5 Å². The van der Waals surface area contributed by atoms with Crippen LogP contribution in [0, 0.1) is 13.8 Å². The summed E-state index contributed by atoms with van der Waals surface area (Å²) in [6, 6.07) is 10.2. The minimum Gasteiger partial charge on any atom is -0.440 e. The lowest BCUT2D eigenvalue weighted by molar-refractivity contribution is 0.131. The first-order chi connectivity index (χ1) is 12.4. The first-order valence-corrected chi connectivity index (χ1v) is 9.61. The van der Waals surface area contributed by atoms with Crippen LogP contribution >= 0.6 is 0 Å². The summed E-state index contributed by atoms with van der Waals surface area (Å²) in [6.07, 6.45) is -0.872. The SMILES string of the molecule is Cc1noc(-c2ccc(S(=O)(=O)N3Cc4ccccc4C(O)C3)o2)c1C. The number of rotatable bonds is 3. The van der Waals surface area contributed by atoms with Gasteiger partial charge in [0.2, 0.25) is 10.9 Å². The number of aryl methyl sites for hydroxylation is 1. The van der Waals surface area contributed by atoms with Gasteiger partial charge in [-0.25, -0.2) is 8.42 Å². The maximum Gasteiger partial charge on any atom is 0.276 e. The fourth-order valence-corrected chi connectivity index (χ4v) is 4.42. The van der Waals surface area contributed by atoms with Crippen molar-refractivity contribution in [1.29, 1.82) is 0 Å². The highest BCUT2D eigenvalue weighted by Gasteiger charge is 2.34. The maximum absolute atomic E-state index is 13.0. The minimum atomic E-state index is -3.89. The number of fused-ring (bicyclic) bond motifs is 1. The molecule has 0 saturated heterocycles. The van der Waals surface area contributed by atoms with Crippen LogP contribution in [0.15, 0.2) is 50.4 Å². The molecule has 1 unspecified atom stereocenters. The number of sulfonamides is 1. The summed E-state index contributed by atoms with van der Waals surface area (Å²) in [5.74, 6) is 0.715. The van der Waals surface area contributed by atoms with E-state index in [0.717, 1.165) is 22.4 Å². The number of hydrogen-bond acceptors (Lipinski definition) is 6. The molecule has 1 N–H and O–H groups in total. The predicted molar refractivity (Wildman–Crippen MR) is 92.7 cm³/mol. The molecule has 1 aliphatic rings. The summed E-state index contributed by atoms with van der Waals surface area (Å²) in [5.41, 5.74) is 3.05. The van der Waals surface area contributed by atoms with Crippen molar-refractivity contribution in [2.24, 2.45) is 0 Å². The van der Waals surface area contributed by atoms with E-state index in [1.54, 1.807) is 13.0 Å². The van der Waals surface area contributed by atoms with Gasteiger partial charge >= 0.3 is 0 Å². The topological polar surface area (TPSA) is 96.8 Å². The second-order valence-electron chi connectivity index (χ2n) is 6.35. The molecule has 0 radical (unpaired) electrons. The zero-order valence-corrected chi connectivity index (χ0v) is 15.2. The highest BCUT2D eigenvalue weighted by Crippen LogP contribution is 2.33. The fourth-order valence-electron chi connectivity index (χ4n) is 3.09. The number of hydrogen-bond donors (Lipinski definition) is 1.